The molecule has 0 radical (unpaired) electrons. The van der Waals surface area contributed by atoms with Crippen molar-refractivity contribution < 1.29 is 23.1 Å². The number of halogens is 2. The topological polar surface area (TPSA) is 71.5 Å². The molecular weight excluding hydrogens is 380 g/mol. The number of hydrogen-bond acceptors (Lipinski definition) is 4. The summed E-state index contributed by atoms with van der Waals surface area (Å²) >= 11 is 0. The number of ether oxygens (including phenoxy) is 1. The number of carbonyl (C=O) groups is 2. The van der Waals surface area contributed by atoms with Crippen LogP contribution in [0.15, 0.2) is 36.5 Å². The molecule has 154 valence electrons. The lowest BCUT2D eigenvalue weighted by atomic mass is 9.88. The number of rotatable bonds is 7. The average Bonchev–Trinajstić information content (AvgIpc) is 3.00. The third kappa shape index (κ3) is 4.88. The van der Waals surface area contributed by atoms with Gasteiger partial charge in [-0.1, -0.05) is 6.92 Å². The molecule has 1 fully saturated rings. The van der Waals surface area contributed by atoms with E-state index in [4.69, 9.17) is 4.74 Å². The van der Waals surface area contributed by atoms with Gasteiger partial charge in [-0.15, -0.1) is 0 Å². The summed E-state index contributed by atoms with van der Waals surface area (Å²) in [5.74, 6) is -1.72. The van der Waals surface area contributed by atoms with E-state index in [-0.39, 0.29) is 37.0 Å². The van der Waals surface area contributed by atoms with Crippen LogP contribution in [-0.4, -0.2) is 29.9 Å². The fourth-order valence-electron chi connectivity index (χ4n) is 3.25. The Hall–Kier alpha value is -3.03. The van der Waals surface area contributed by atoms with Gasteiger partial charge in [0.05, 0.1) is 12.0 Å². The number of nitrogens with zero attached hydrogens (tertiary/aromatic N) is 2. The van der Waals surface area contributed by atoms with Crippen LogP contribution in [-0.2, 0) is 16.1 Å². The van der Waals surface area contributed by atoms with Crippen molar-refractivity contribution in [1.29, 1.82) is 0 Å². The third-order valence-electron chi connectivity index (χ3n) is 4.76. The highest BCUT2D eigenvalue weighted by molar-refractivity contribution is 6.02. The van der Waals surface area contributed by atoms with Crippen LogP contribution < -0.4 is 15.0 Å². The molecule has 1 saturated heterocycles. The van der Waals surface area contributed by atoms with Gasteiger partial charge in [-0.3, -0.25) is 9.59 Å². The van der Waals surface area contributed by atoms with Crippen molar-refractivity contribution in [2.45, 2.75) is 33.2 Å². The SMILES string of the molecule is CCCOc1cc(CNC(=O)C2(C)CC(=O)N(c3cc(F)cc(F)c3)C2)ccn1. The predicted molar refractivity (Wildman–Crippen MR) is 103 cm³/mol. The molecule has 0 spiro atoms. The van der Waals surface area contributed by atoms with Gasteiger partial charge in [0.25, 0.3) is 0 Å². The second-order valence-corrected chi connectivity index (χ2v) is 7.38. The first-order valence-corrected chi connectivity index (χ1v) is 9.43. The molecule has 29 heavy (non-hydrogen) atoms. The fraction of sp³-hybridized carbons (Fsp3) is 0.381. The van der Waals surface area contributed by atoms with E-state index in [9.17, 15) is 18.4 Å². The van der Waals surface area contributed by atoms with E-state index in [2.05, 4.69) is 10.3 Å². The second-order valence-electron chi connectivity index (χ2n) is 7.38. The van der Waals surface area contributed by atoms with Gasteiger partial charge in [0, 0.05) is 43.5 Å². The first-order valence-electron chi connectivity index (χ1n) is 9.43. The number of pyridine rings is 1. The predicted octanol–water partition coefficient (Wildman–Crippen LogP) is 3.21. The Morgan fingerprint density at radius 1 is 1.28 bits per heavy atom. The smallest absolute Gasteiger partial charge is 0.228 e. The van der Waals surface area contributed by atoms with Crippen molar-refractivity contribution in [1.82, 2.24) is 10.3 Å². The van der Waals surface area contributed by atoms with Gasteiger partial charge in [-0.25, -0.2) is 13.8 Å². The molecule has 0 bridgehead atoms. The minimum atomic E-state index is -1.01. The fourth-order valence-corrected chi connectivity index (χ4v) is 3.25. The zero-order valence-electron chi connectivity index (χ0n) is 16.4. The summed E-state index contributed by atoms with van der Waals surface area (Å²) in [5, 5.41) is 2.83. The van der Waals surface area contributed by atoms with Crippen LogP contribution in [0.1, 0.15) is 32.3 Å². The summed E-state index contributed by atoms with van der Waals surface area (Å²) in [6.45, 7) is 4.51. The Labute approximate surface area is 167 Å². The molecule has 1 unspecified atom stereocenters. The molecular formula is C21H23F2N3O3. The summed E-state index contributed by atoms with van der Waals surface area (Å²) < 4.78 is 32.5. The molecule has 3 rings (SSSR count). The first-order chi connectivity index (χ1) is 13.8. The average molecular weight is 403 g/mol. The molecule has 2 aromatic rings. The van der Waals surface area contributed by atoms with E-state index >= 15 is 0 Å². The quantitative estimate of drug-likeness (QED) is 0.771. The molecule has 6 nitrogen and oxygen atoms in total. The maximum absolute atomic E-state index is 13.5. The highest BCUT2D eigenvalue weighted by atomic mass is 19.1. The number of carbonyl (C=O) groups excluding carboxylic acids is 2. The Kier molecular flexibility index (Phi) is 6.10. The standard InChI is InChI=1S/C21H23F2N3O3/c1-3-6-29-18-7-14(4-5-24-18)12-25-20(28)21(2)11-19(27)26(13-21)17-9-15(22)8-16(23)10-17/h4-5,7-10H,3,6,11-13H2,1-2H3,(H,25,28). The van der Waals surface area contributed by atoms with Crippen molar-refractivity contribution in [3.63, 3.8) is 0 Å². The largest absolute Gasteiger partial charge is 0.478 e. The van der Waals surface area contributed by atoms with Crippen LogP contribution >= 0.6 is 0 Å². The van der Waals surface area contributed by atoms with Gasteiger partial charge < -0.3 is 15.0 Å². The van der Waals surface area contributed by atoms with Crippen LogP contribution in [0.3, 0.4) is 0 Å². The minimum absolute atomic E-state index is 0.0434. The van der Waals surface area contributed by atoms with Crippen molar-refractivity contribution in [3.05, 3.63) is 53.7 Å². The molecule has 0 saturated carbocycles. The maximum atomic E-state index is 13.5. The molecule has 1 aliphatic rings. The third-order valence-corrected chi connectivity index (χ3v) is 4.76. The Morgan fingerprint density at radius 3 is 2.69 bits per heavy atom. The number of amides is 2. The second kappa shape index (κ2) is 8.55. The van der Waals surface area contributed by atoms with Crippen LogP contribution in [0.4, 0.5) is 14.5 Å². The van der Waals surface area contributed by atoms with Crippen molar-refractivity contribution >= 4 is 17.5 Å². The summed E-state index contributed by atoms with van der Waals surface area (Å²) in [6, 6.07) is 6.42. The lowest BCUT2D eigenvalue weighted by molar-refractivity contribution is -0.131. The molecule has 1 N–H and O–H groups in total. The van der Waals surface area contributed by atoms with Crippen molar-refractivity contribution in [2.24, 2.45) is 5.41 Å². The zero-order chi connectivity index (χ0) is 21.0. The van der Waals surface area contributed by atoms with E-state index in [1.165, 1.54) is 4.90 Å². The number of anilines is 1. The summed E-state index contributed by atoms with van der Waals surface area (Å²) in [4.78, 5) is 30.5. The van der Waals surface area contributed by atoms with Gasteiger partial charge in [-0.05, 0) is 37.1 Å². The summed E-state index contributed by atoms with van der Waals surface area (Å²) in [6.07, 6.45) is 2.42. The number of nitrogens with one attached hydrogen (secondary N) is 1. The van der Waals surface area contributed by atoms with E-state index < -0.39 is 17.0 Å². The molecule has 1 aromatic carbocycles. The lowest BCUT2D eigenvalue weighted by Crippen LogP contribution is -2.40. The molecule has 8 heteroatoms. The van der Waals surface area contributed by atoms with Gasteiger partial charge in [0.1, 0.15) is 11.6 Å². The highest BCUT2D eigenvalue weighted by Gasteiger charge is 2.45. The maximum Gasteiger partial charge on any atom is 0.228 e. The Morgan fingerprint density at radius 2 is 2.00 bits per heavy atom. The molecule has 0 aliphatic carbocycles. The van der Waals surface area contributed by atoms with Gasteiger partial charge in [-0.2, -0.15) is 0 Å². The lowest BCUT2D eigenvalue weighted by Gasteiger charge is -2.23. The van der Waals surface area contributed by atoms with Crippen molar-refractivity contribution in [3.8, 4) is 5.88 Å². The van der Waals surface area contributed by atoms with E-state index in [1.54, 1.807) is 25.3 Å². The van der Waals surface area contributed by atoms with Gasteiger partial charge in [0.2, 0.25) is 17.7 Å². The summed E-state index contributed by atoms with van der Waals surface area (Å²) in [5.41, 5.74) is -0.0821. The zero-order valence-corrected chi connectivity index (χ0v) is 16.4. The molecule has 1 aromatic heterocycles. The van der Waals surface area contributed by atoms with E-state index in [0.717, 1.165) is 30.2 Å². The monoisotopic (exact) mass is 403 g/mol. The van der Waals surface area contributed by atoms with Gasteiger partial charge in [0.15, 0.2) is 0 Å². The molecule has 2 amide bonds. The molecule has 1 aliphatic heterocycles. The minimum Gasteiger partial charge on any atom is -0.478 e. The van der Waals surface area contributed by atoms with Gasteiger partial charge >= 0.3 is 0 Å². The molecule has 2 heterocycles. The highest BCUT2D eigenvalue weighted by Crippen LogP contribution is 2.35. The van der Waals surface area contributed by atoms with Crippen LogP contribution in [0.2, 0.25) is 0 Å². The van der Waals surface area contributed by atoms with E-state index in [0.29, 0.717) is 12.5 Å². The Bertz CT molecular complexity index is 902. The molecule has 1 atom stereocenters. The van der Waals surface area contributed by atoms with Crippen molar-refractivity contribution in [2.75, 3.05) is 18.1 Å². The number of benzene rings is 1. The number of aromatic nitrogens is 1. The summed E-state index contributed by atoms with van der Waals surface area (Å²) in [7, 11) is 0. The Balaban J connectivity index is 1.66. The van der Waals surface area contributed by atoms with Crippen LogP contribution in [0.5, 0.6) is 5.88 Å². The van der Waals surface area contributed by atoms with Crippen LogP contribution in [0.25, 0.3) is 0 Å². The first kappa shape index (κ1) is 20.7. The van der Waals surface area contributed by atoms with Crippen LogP contribution in [0, 0.1) is 17.0 Å². The van der Waals surface area contributed by atoms with E-state index in [1.807, 2.05) is 6.92 Å². The normalized spacial score (nSPS) is 18.8. The number of hydrogen-bond donors (Lipinski definition) is 1.